The van der Waals surface area contributed by atoms with Crippen molar-refractivity contribution in [2.24, 2.45) is 5.10 Å². The van der Waals surface area contributed by atoms with Crippen molar-refractivity contribution < 1.29 is 13.2 Å². The topological polar surface area (TPSA) is 50.5 Å². The van der Waals surface area contributed by atoms with Crippen molar-refractivity contribution in [1.29, 1.82) is 0 Å². The predicted octanol–water partition coefficient (Wildman–Crippen LogP) is 4.38. The van der Waals surface area contributed by atoms with Crippen LogP contribution in [0, 0.1) is 0 Å². The standard InChI is InChI=1S/C19H14ClF3N4O/c1-26(24-11-13-6-3-2-4-7-13)16-12-25-27(18(28)17(16)20)15-9-5-8-14(10-15)19(21,22)23/h2-12H,1H3. The number of nitrogens with zero attached hydrogens (tertiary/aromatic N) is 4. The maximum Gasteiger partial charge on any atom is 0.416 e. The van der Waals surface area contributed by atoms with Gasteiger partial charge in [-0.1, -0.05) is 48.0 Å². The first-order valence-corrected chi connectivity index (χ1v) is 8.43. The van der Waals surface area contributed by atoms with E-state index in [0.29, 0.717) is 0 Å². The highest BCUT2D eigenvalue weighted by molar-refractivity contribution is 6.33. The van der Waals surface area contributed by atoms with Gasteiger partial charge in [0.05, 0.1) is 23.7 Å². The van der Waals surface area contributed by atoms with Gasteiger partial charge in [0.2, 0.25) is 0 Å². The third-order valence-corrected chi connectivity index (χ3v) is 4.20. The van der Waals surface area contributed by atoms with Crippen LogP contribution in [0.3, 0.4) is 0 Å². The van der Waals surface area contributed by atoms with Gasteiger partial charge in [-0.2, -0.15) is 28.1 Å². The van der Waals surface area contributed by atoms with E-state index in [1.807, 2.05) is 30.3 Å². The van der Waals surface area contributed by atoms with E-state index in [9.17, 15) is 18.0 Å². The fraction of sp³-hybridized carbons (Fsp3) is 0.105. The number of rotatable bonds is 4. The number of halogens is 4. The van der Waals surface area contributed by atoms with Gasteiger partial charge in [-0.15, -0.1) is 0 Å². The van der Waals surface area contributed by atoms with Crippen molar-refractivity contribution in [3.63, 3.8) is 0 Å². The van der Waals surface area contributed by atoms with Crippen molar-refractivity contribution in [2.45, 2.75) is 6.18 Å². The summed E-state index contributed by atoms with van der Waals surface area (Å²) in [5.74, 6) is 0. The lowest BCUT2D eigenvalue weighted by atomic mass is 10.2. The predicted molar refractivity (Wildman–Crippen MR) is 102 cm³/mol. The molecule has 3 rings (SSSR count). The molecule has 9 heteroatoms. The molecule has 0 fully saturated rings. The highest BCUT2D eigenvalue weighted by atomic mass is 35.5. The van der Waals surface area contributed by atoms with Gasteiger partial charge < -0.3 is 0 Å². The molecule has 0 bridgehead atoms. The first-order chi connectivity index (χ1) is 13.3. The Morgan fingerprint density at radius 2 is 1.86 bits per heavy atom. The van der Waals surface area contributed by atoms with E-state index in [-0.39, 0.29) is 16.4 Å². The molecule has 0 N–H and O–H groups in total. The van der Waals surface area contributed by atoms with Gasteiger partial charge in [0.1, 0.15) is 10.7 Å². The summed E-state index contributed by atoms with van der Waals surface area (Å²) in [5.41, 5.74) is -0.606. The van der Waals surface area contributed by atoms with Gasteiger partial charge in [0.25, 0.3) is 5.56 Å². The van der Waals surface area contributed by atoms with Gasteiger partial charge in [-0.25, -0.2) is 0 Å². The van der Waals surface area contributed by atoms with E-state index in [1.54, 1.807) is 13.3 Å². The SMILES string of the molecule is CN(N=Cc1ccccc1)c1cnn(-c2cccc(C(F)(F)F)c2)c(=O)c1Cl. The smallest absolute Gasteiger partial charge is 0.266 e. The minimum Gasteiger partial charge on any atom is -0.266 e. The molecule has 0 spiro atoms. The third kappa shape index (κ3) is 4.23. The Balaban J connectivity index is 1.94. The fourth-order valence-corrected chi connectivity index (χ4v) is 2.65. The molecule has 1 aromatic heterocycles. The summed E-state index contributed by atoms with van der Waals surface area (Å²) in [6.07, 6.45) is -1.68. The highest BCUT2D eigenvalue weighted by Crippen LogP contribution is 2.30. The van der Waals surface area contributed by atoms with Crippen molar-refractivity contribution in [3.8, 4) is 5.69 Å². The number of hydrogen-bond acceptors (Lipinski definition) is 4. The number of benzene rings is 2. The Labute approximate surface area is 163 Å². The third-order valence-electron chi connectivity index (χ3n) is 3.85. The van der Waals surface area contributed by atoms with Gasteiger partial charge in [-0.05, 0) is 23.8 Å². The van der Waals surface area contributed by atoms with E-state index in [4.69, 9.17) is 11.6 Å². The van der Waals surface area contributed by atoms with Gasteiger partial charge in [-0.3, -0.25) is 9.80 Å². The first kappa shape index (κ1) is 19.6. The molecule has 0 saturated heterocycles. The number of anilines is 1. The van der Waals surface area contributed by atoms with Crippen molar-refractivity contribution in [2.75, 3.05) is 12.1 Å². The van der Waals surface area contributed by atoms with E-state index in [0.717, 1.165) is 22.4 Å². The second kappa shape index (κ2) is 7.85. The maximum absolute atomic E-state index is 12.9. The highest BCUT2D eigenvalue weighted by Gasteiger charge is 2.30. The van der Waals surface area contributed by atoms with Crippen LogP contribution in [0.2, 0.25) is 5.02 Å². The number of alkyl halides is 3. The van der Waals surface area contributed by atoms with E-state index in [1.165, 1.54) is 23.3 Å². The lowest BCUT2D eigenvalue weighted by Crippen LogP contribution is -2.24. The van der Waals surface area contributed by atoms with E-state index in [2.05, 4.69) is 10.2 Å². The quantitative estimate of drug-likeness (QED) is 0.477. The molecule has 0 aliphatic carbocycles. The largest absolute Gasteiger partial charge is 0.416 e. The second-order valence-electron chi connectivity index (χ2n) is 5.79. The Morgan fingerprint density at radius 1 is 1.14 bits per heavy atom. The molecule has 0 aliphatic rings. The van der Waals surface area contributed by atoms with Crippen LogP contribution in [0.5, 0.6) is 0 Å². The van der Waals surface area contributed by atoms with Crippen LogP contribution >= 0.6 is 11.6 Å². The zero-order valence-electron chi connectivity index (χ0n) is 14.6. The van der Waals surface area contributed by atoms with Crippen LogP contribution in [0.25, 0.3) is 5.69 Å². The zero-order chi connectivity index (χ0) is 20.3. The molecule has 144 valence electrons. The fourth-order valence-electron chi connectivity index (χ4n) is 2.40. The second-order valence-corrected chi connectivity index (χ2v) is 6.17. The summed E-state index contributed by atoms with van der Waals surface area (Å²) >= 11 is 6.14. The molecule has 28 heavy (non-hydrogen) atoms. The van der Waals surface area contributed by atoms with Crippen LogP contribution in [0.15, 0.2) is 70.7 Å². The lowest BCUT2D eigenvalue weighted by Gasteiger charge is -2.15. The molecule has 0 amide bonds. The number of hydrazone groups is 1. The molecule has 0 saturated carbocycles. The average molecular weight is 407 g/mol. The Morgan fingerprint density at radius 3 is 2.54 bits per heavy atom. The van der Waals surface area contributed by atoms with Gasteiger partial charge >= 0.3 is 6.18 Å². The summed E-state index contributed by atoms with van der Waals surface area (Å²) in [4.78, 5) is 12.5. The molecule has 0 radical (unpaired) electrons. The first-order valence-electron chi connectivity index (χ1n) is 8.05. The molecule has 0 atom stereocenters. The molecule has 3 aromatic rings. The number of aromatic nitrogens is 2. The van der Waals surface area contributed by atoms with E-state index < -0.39 is 17.3 Å². The number of hydrogen-bond donors (Lipinski definition) is 0. The molecule has 1 heterocycles. The van der Waals surface area contributed by atoms with Crippen LogP contribution in [0.4, 0.5) is 18.9 Å². The lowest BCUT2D eigenvalue weighted by molar-refractivity contribution is -0.137. The zero-order valence-corrected chi connectivity index (χ0v) is 15.3. The molecule has 5 nitrogen and oxygen atoms in total. The summed E-state index contributed by atoms with van der Waals surface area (Å²) in [5, 5.41) is 9.30. The van der Waals surface area contributed by atoms with Crippen LogP contribution in [-0.2, 0) is 6.18 Å². The molecule has 2 aromatic carbocycles. The summed E-state index contributed by atoms with van der Waals surface area (Å²) in [6.45, 7) is 0. The summed E-state index contributed by atoms with van der Waals surface area (Å²) in [7, 11) is 1.58. The van der Waals surface area contributed by atoms with Crippen molar-refractivity contribution >= 4 is 23.5 Å². The Bertz CT molecular complexity index is 1060. The van der Waals surface area contributed by atoms with Gasteiger partial charge in [0.15, 0.2) is 0 Å². The van der Waals surface area contributed by atoms with Crippen molar-refractivity contribution in [3.05, 3.63) is 87.3 Å². The van der Waals surface area contributed by atoms with Crippen LogP contribution in [-0.4, -0.2) is 23.0 Å². The maximum atomic E-state index is 12.9. The monoisotopic (exact) mass is 406 g/mol. The minimum atomic E-state index is -4.53. The minimum absolute atomic E-state index is 0.0382. The molecule has 0 aliphatic heterocycles. The summed E-state index contributed by atoms with van der Waals surface area (Å²) in [6, 6.07) is 13.6. The van der Waals surface area contributed by atoms with Crippen LogP contribution < -0.4 is 10.6 Å². The average Bonchev–Trinajstić information content (AvgIpc) is 2.68. The normalized spacial score (nSPS) is 11.8. The molecule has 0 unspecified atom stereocenters. The van der Waals surface area contributed by atoms with Gasteiger partial charge in [0, 0.05) is 7.05 Å². The summed E-state index contributed by atoms with van der Waals surface area (Å²) < 4.78 is 39.5. The van der Waals surface area contributed by atoms with E-state index >= 15 is 0 Å². The molecular weight excluding hydrogens is 393 g/mol. The van der Waals surface area contributed by atoms with Crippen LogP contribution in [0.1, 0.15) is 11.1 Å². The Kier molecular flexibility index (Phi) is 5.51. The Hall–Kier alpha value is -3.13. The van der Waals surface area contributed by atoms with Crippen molar-refractivity contribution in [1.82, 2.24) is 9.78 Å². The molecular formula is C19H14ClF3N4O.